The molecule has 2 aromatic heterocycles. The average molecular weight is 380 g/mol. The molecular formula is C21H21FN4O2. The molecule has 0 atom stereocenters. The molecule has 6 nitrogen and oxygen atoms in total. The van der Waals surface area contributed by atoms with Gasteiger partial charge in [-0.05, 0) is 62.1 Å². The van der Waals surface area contributed by atoms with Gasteiger partial charge in [0.25, 0.3) is 5.91 Å². The normalized spacial score (nSPS) is 19.2. The van der Waals surface area contributed by atoms with Crippen LogP contribution in [0.15, 0.2) is 61.2 Å². The molecule has 1 saturated carbocycles. The Balaban J connectivity index is 1.27. The van der Waals surface area contributed by atoms with Crippen LogP contribution in [0.4, 0.5) is 4.39 Å². The van der Waals surface area contributed by atoms with E-state index in [1.807, 2.05) is 53.4 Å². The summed E-state index contributed by atoms with van der Waals surface area (Å²) in [6.45, 7) is 0. The molecule has 1 aliphatic carbocycles. The summed E-state index contributed by atoms with van der Waals surface area (Å²) in [6, 6.07) is 11.8. The first kappa shape index (κ1) is 18.2. The van der Waals surface area contributed by atoms with Crippen molar-refractivity contribution < 1.29 is 13.9 Å². The topological polar surface area (TPSA) is 69.0 Å². The van der Waals surface area contributed by atoms with Gasteiger partial charge in [0.15, 0.2) is 5.82 Å². The minimum absolute atomic E-state index is 0.0144. The van der Waals surface area contributed by atoms with Crippen LogP contribution in [0.25, 0.3) is 5.69 Å². The molecule has 0 radical (unpaired) electrons. The number of hydrogen-bond donors (Lipinski definition) is 1. The largest absolute Gasteiger partial charge is 0.460 e. The lowest BCUT2D eigenvalue weighted by atomic mass is 9.92. The number of ether oxygens (including phenoxy) is 1. The Bertz CT molecular complexity index is 903. The maximum atomic E-state index is 12.8. The standard InChI is InChI=1S/C21H21FN4O2/c22-16-13-23-21(24-14-16)28-19-9-5-17(6-10-19)25-20(27)15-3-7-18(8-4-15)26-11-1-2-12-26/h1-4,7-8,11-14,17,19H,5-6,9-10H2,(H,25,27). The lowest BCUT2D eigenvalue weighted by molar-refractivity contribution is 0.0885. The van der Waals surface area contributed by atoms with Crippen LogP contribution in [-0.4, -0.2) is 32.6 Å². The van der Waals surface area contributed by atoms with Crippen LogP contribution in [0, 0.1) is 5.82 Å². The highest BCUT2D eigenvalue weighted by molar-refractivity contribution is 5.94. The molecule has 144 valence electrons. The van der Waals surface area contributed by atoms with Crippen LogP contribution in [0.1, 0.15) is 36.0 Å². The van der Waals surface area contributed by atoms with Crippen LogP contribution in [0.3, 0.4) is 0 Å². The zero-order chi connectivity index (χ0) is 19.3. The van der Waals surface area contributed by atoms with Crippen molar-refractivity contribution >= 4 is 5.91 Å². The van der Waals surface area contributed by atoms with Gasteiger partial charge in [0, 0.05) is 29.7 Å². The van der Waals surface area contributed by atoms with Gasteiger partial charge in [0.2, 0.25) is 0 Å². The Hall–Kier alpha value is -3.22. The maximum absolute atomic E-state index is 12.8. The van der Waals surface area contributed by atoms with Crippen molar-refractivity contribution in [2.75, 3.05) is 0 Å². The summed E-state index contributed by atoms with van der Waals surface area (Å²) >= 11 is 0. The SMILES string of the molecule is O=C(NC1CCC(Oc2ncc(F)cn2)CC1)c1ccc(-n2cccc2)cc1. The van der Waals surface area contributed by atoms with Crippen LogP contribution in [0.2, 0.25) is 0 Å². The molecular weight excluding hydrogens is 359 g/mol. The third-order valence-corrected chi connectivity index (χ3v) is 4.91. The van der Waals surface area contributed by atoms with Crippen molar-refractivity contribution in [1.29, 1.82) is 0 Å². The Morgan fingerprint density at radius 1 is 1.04 bits per heavy atom. The van der Waals surface area contributed by atoms with Gasteiger partial charge in [-0.3, -0.25) is 4.79 Å². The van der Waals surface area contributed by atoms with Gasteiger partial charge < -0.3 is 14.6 Å². The molecule has 0 bridgehead atoms. The Kier molecular flexibility index (Phi) is 5.32. The van der Waals surface area contributed by atoms with Crippen LogP contribution < -0.4 is 10.1 Å². The number of rotatable bonds is 5. The first-order valence-corrected chi connectivity index (χ1v) is 9.36. The Morgan fingerprint density at radius 2 is 1.68 bits per heavy atom. The zero-order valence-electron chi connectivity index (χ0n) is 15.3. The number of amides is 1. The van der Waals surface area contributed by atoms with Crippen LogP contribution in [-0.2, 0) is 0 Å². The van der Waals surface area contributed by atoms with Crippen molar-refractivity contribution in [3.05, 3.63) is 72.6 Å². The van der Waals surface area contributed by atoms with Gasteiger partial charge >= 0.3 is 6.01 Å². The third-order valence-electron chi connectivity index (χ3n) is 4.91. The van der Waals surface area contributed by atoms with E-state index in [-0.39, 0.29) is 24.1 Å². The highest BCUT2D eigenvalue weighted by Crippen LogP contribution is 2.22. The van der Waals surface area contributed by atoms with Crippen molar-refractivity contribution in [2.24, 2.45) is 0 Å². The van der Waals surface area contributed by atoms with E-state index in [9.17, 15) is 9.18 Å². The molecule has 0 aliphatic heterocycles. The number of nitrogens with zero attached hydrogens (tertiary/aromatic N) is 3. The second-order valence-corrected chi connectivity index (χ2v) is 6.89. The summed E-state index contributed by atoms with van der Waals surface area (Å²) < 4.78 is 20.5. The van der Waals surface area contributed by atoms with Crippen molar-refractivity contribution in [3.63, 3.8) is 0 Å². The second-order valence-electron chi connectivity index (χ2n) is 6.89. The minimum atomic E-state index is -0.486. The number of benzene rings is 1. The molecule has 1 N–H and O–H groups in total. The number of hydrogen-bond acceptors (Lipinski definition) is 4. The van der Waals surface area contributed by atoms with E-state index < -0.39 is 5.82 Å². The average Bonchev–Trinajstić information content (AvgIpc) is 3.26. The van der Waals surface area contributed by atoms with Crippen LogP contribution in [0.5, 0.6) is 6.01 Å². The highest BCUT2D eigenvalue weighted by atomic mass is 19.1. The van der Waals surface area contributed by atoms with E-state index in [0.717, 1.165) is 43.8 Å². The van der Waals surface area contributed by atoms with E-state index >= 15 is 0 Å². The molecule has 0 spiro atoms. The first-order chi connectivity index (χ1) is 13.7. The molecule has 1 amide bonds. The molecule has 0 unspecified atom stereocenters. The lowest BCUT2D eigenvalue weighted by Crippen LogP contribution is -2.39. The predicted molar refractivity (Wildman–Crippen MR) is 102 cm³/mol. The summed E-state index contributed by atoms with van der Waals surface area (Å²) in [4.78, 5) is 20.2. The third kappa shape index (κ3) is 4.36. The molecule has 4 rings (SSSR count). The second kappa shape index (κ2) is 8.21. The molecule has 1 fully saturated rings. The van der Waals surface area contributed by atoms with Crippen molar-refractivity contribution in [2.45, 2.75) is 37.8 Å². The van der Waals surface area contributed by atoms with E-state index in [0.29, 0.717) is 5.56 Å². The Labute approximate surface area is 162 Å². The minimum Gasteiger partial charge on any atom is -0.460 e. The molecule has 1 aromatic carbocycles. The monoisotopic (exact) mass is 380 g/mol. The molecule has 28 heavy (non-hydrogen) atoms. The zero-order valence-corrected chi connectivity index (χ0v) is 15.3. The number of carbonyl (C=O) groups is 1. The summed E-state index contributed by atoms with van der Waals surface area (Å²) in [6.07, 6.45) is 9.32. The predicted octanol–water partition coefficient (Wildman–Crippen LogP) is 3.53. The van der Waals surface area contributed by atoms with Gasteiger partial charge in [0.05, 0.1) is 12.4 Å². The lowest BCUT2D eigenvalue weighted by Gasteiger charge is -2.28. The van der Waals surface area contributed by atoms with E-state index in [1.165, 1.54) is 0 Å². The quantitative estimate of drug-likeness (QED) is 0.735. The van der Waals surface area contributed by atoms with Crippen molar-refractivity contribution in [3.8, 4) is 11.7 Å². The van der Waals surface area contributed by atoms with Gasteiger partial charge in [-0.1, -0.05) is 0 Å². The molecule has 1 aliphatic rings. The van der Waals surface area contributed by atoms with Gasteiger partial charge in [-0.25, -0.2) is 14.4 Å². The molecule has 7 heteroatoms. The number of aromatic nitrogens is 3. The summed E-state index contributed by atoms with van der Waals surface area (Å²) in [7, 11) is 0. The van der Waals surface area contributed by atoms with E-state index in [1.54, 1.807) is 0 Å². The summed E-state index contributed by atoms with van der Waals surface area (Å²) in [5, 5.41) is 3.10. The first-order valence-electron chi connectivity index (χ1n) is 9.36. The fourth-order valence-electron chi connectivity index (χ4n) is 3.40. The summed E-state index contributed by atoms with van der Waals surface area (Å²) in [5.74, 6) is -0.551. The molecule has 3 aromatic rings. The fraction of sp³-hybridized carbons (Fsp3) is 0.286. The summed E-state index contributed by atoms with van der Waals surface area (Å²) in [5.41, 5.74) is 1.66. The number of halogens is 1. The van der Waals surface area contributed by atoms with Gasteiger partial charge in [-0.2, -0.15) is 0 Å². The fourth-order valence-corrected chi connectivity index (χ4v) is 3.40. The van der Waals surface area contributed by atoms with Crippen LogP contribution >= 0.6 is 0 Å². The molecule has 0 saturated heterocycles. The van der Waals surface area contributed by atoms with Gasteiger partial charge in [0.1, 0.15) is 6.10 Å². The van der Waals surface area contributed by atoms with Gasteiger partial charge in [-0.15, -0.1) is 0 Å². The highest BCUT2D eigenvalue weighted by Gasteiger charge is 2.24. The van der Waals surface area contributed by atoms with Crippen molar-refractivity contribution in [1.82, 2.24) is 19.9 Å². The van der Waals surface area contributed by atoms with E-state index in [4.69, 9.17) is 4.74 Å². The Morgan fingerprint density at radius 3 is 2.32 bits per heavy atom. The molecule has 2 heterocycles. The number of nitrogens with one attached hydrogen (secondary N) is 1. The number of carbonyl (C=O) groups excluding carboxylic acids is 1. The smallest absolute Gasteiger partial charge is 0.316 e. The van der Waals surface area contributed by atoms with E-state index in [2.05, 4.69) is 15.3 Å². The maximum Gasteiger partial charge on any atom is 0.316 e.